The fourth-order valence-electron chi connectivity index (χ4n) is 4.74. The minimum Gasteiger partial charge on any atom is -0.618 e. The van der Waals surface area contributed by atoms with Gasteiger partial charge >= 0.3 is 0 Å². The first-order valence-corrected chi connectivity index (χ1v) is 11.0. The topological polar surface area (TPSA) is 36.2 Å². The summed E-state index contributed by atoms with van der Waals surface area (Å²) in [5, 5.41) is 20.5. The van der Waals surface area contributed by atoms with Gasteiger partial charge in [0.05, 0.1) is 18.1 Å². The highest BCUT2D eigenvalue weighted by Crippen LogP contribution is 2.37. The maximum Gasteiger partial charge on any atom is 0.232 e. The molecular formula is C30H21NO2. The number of fused-ring (bicyclic) bond motifs is 4. The molecule has 1 aromatic heterocycles. The van der Waals surface area contributed by atoms with Gasteiger partial charge in [-0.2, -0.15) is 4.73 Å². The van der Waals surface area contributed by atoms with E-state index < -0.39 is 0 Å². The molecular weight excluding hydrogens is 406 g/mol. The first kappa shape index (κ1) is 19.3. The molecule has 5 aromatic carbocycles. The lowest BCUT2D eigenvalue weighted by Gasteiger charge is -2.16. The molecule has 0 saturated carbocycles. The molecule has 0 amide bonds. The standard InChI is InChI=1S/C30H21NO2/c1-33-23-16-14-20(15-17-23)29-19-22-9-3-5-11-25(22)30(31(29)32)28-18-21-8-2-4-10-24(21)26-12-6-7-13-27(26)28/h2-19H,1H3. The minimum atomic E-state index is 0.614. The van der Waals surface area contributed by atoms with E-state index in [2.05, 4.69) is 48.5 Å². The van der Waals surface area contributed by atoms with Gasteiger partial charge in [-0.1, -0.05) is 66.7 Å². The Morgan fingerprint density at radius 1 is 0.606 bits per heavy atom. The Hall–Kier alpha value is -4.37. The van der Waals surface area contributed by atoms with Gasteiger partial charge in [0.1, 0.15) is 5.75 Å². The summed E-state index contributed by atoms with van der Waals surface area (Å²) in [5.41, 5.74) is 3.07. The van der Waals surface area contributed by atoms with Gasteiger partial charge in [0.2, 0.25) is 11.4 Å². The molecule has 1 heterocycles. The van der Waals surface area contributed by atoms with Crippen molar-refractivity contribution < 1.29 is 9.47 Å². The lowest BCUT2D eigenvalue weighted by atomic mass is 9.93. The Kier molecular flexibility index (Phi) is 4.48. The van der Waals surface area contributed by atoms with E-state index in [0.29, 0.717) is 11.4 Å². The van der Waals surface area contributed by atoms with Crippen LogP contribution in [0.5, 0.6) is 5.75 Å². The zero-order valence-corrected chi connectivity index (χ0v) is 18.2. The lowest BCUT2D eigenvalue weighted by Crippen LogP contribution is -2.32. The van der Waals surface area contributed by atoms with E-state index in [1.54, 1.807) is 7.11 Å². The Labute approximate surface area is 191 Å². The SMILES string of the molecule is COc1ccc(-c2cc3ccccc3c(-c3cc4ccccc4c4ccccc34)[n+]2[O-])cc1. The molecule has 3 heteroatoms. The summed E-state index contributed by atoms with van der Waals surface area (Å²) in [6, 6.07) is 36.5. The van der Waals surface area contributed by atoms with Crippen LogP contribution in [0, 0.1) is 5.21 Å². The van der Waals surface area contributed by atoms with E-state index in [-0.39, 0.29) is 0 Å². The van der Waals surface area contributed by atoms with E-state index in [0.717, 1.165) is 48.5 Å². The van der Waals surface area contributed by atoms with Gasteiger partial charge in [-0.3, -0.25) is 0 Å². The molecule has 6 aromatic rings. The zero-order valence-electron chi connectivity index (χ0n) is 18.2. The minimum absolute atomic E-state index is 0.614. The van der Waals surface area contributed by atoms with Crippen molar-refractivity contribution >= 4 is 32.3 Å². The van der Waals surface area contributed by atoms with E-state index in [1.807, 2.05) is 60.7 Å². The van der Waals surface area contributed by atoms with Crippen molar-refractivity contribution in [2.45, 2.75) is 0 Å². The fraction of sp³-hybridized carbons (Fsp3) is 0.0333. The van der Waals surface area contributed by atoms with Crippen LogP contribution in [-0.4, -0.2) is 7.11 Å². The molecule has 0 fully saturated rings. The van der Waals surface area contributed by atoms with Gasteiger partial charge in [-0.05, 0) is 63.3 Å². The van der Waals surface area contributed by atoms with Crippen LogP contribution >= 0.6 is 0 Å². The number of ether oxygens (including phenoxy) is 1. The summed E-state index contributed by atoms with van der Waals surface area (Å²) >= 11 is 0. The van der Waals surface area contributed by atoms with Crippen LogP contribution in [0.4, 0.5) is 0 Å². The third-order valence-electron chi connectivity index (χ3n) is 6.34. The molecule has 0 aliphatic rings. The molecule has 0 atom stereocenters. The number of methoxy groups -OCH3 is 1. The molecule has 0 bridgehead atoms. The largest absolute Gasteiger partial charge is 0.618 e. The fourth-order valence-corrected chi connectivity index (χ4v) is 4.74. The summed E-state index contributed by atoms with van der Waals surface area (Å²) in [6.45, 7) is 0. The van der Waals surface area contributed by atoms with Crippen molar-refractivity contribution in [3.8, 4) is 28.3 Å². The Balaban J connectivity index is 1.74. The second kappa shape index (κ2) is 7.64. The molecule has 0 unspecified atom stereocenters. The average Bonchev–Trinajstić information content (AvgIpc) is 2.88. The summed E-state index contributed by atoms with van der Waals surface area (Å²) in [5.74, 6) is 0.762. The number of aromatic nitrogens is 1. The first-order chi connectivity index (χ1) is 16.2. The smallest absolute Gasteiger partial charge is 0.232 e. The molecule has 0 spiro atoms. The number of hydrogen-bond acceptors (Lipinski definition) is 2. The summed E-state index contributed by atoms with van der Waals surface area (Å²) in [4.78, 5) is 0. The average molecular weight is 428 g/mol. The van der Waals surface area contributed by atoms with Crippen molar-refractivity contribution in [1.82, 2.24) is 0 Å². The van der Waals surface area contributed by atoms with Crippen LogP contribution in [0.1, 0.15) is 0 Å². The highest BCUT2D eigenvalue weighted by atomic mass is 16.5. The van der Waals surface area contributed by atoms with Crippen molar-refractivity contribution in [1.29, 1.82) is 0 Å². The van der Waals surface area contributed by atoms with Gasteiger partial charge in [-0.15, -0.1) is 0 Å². The number of hydrogen-bond donors (Lipinski definition) is 0. The van der Waals surface area contributed by atoms with Crippen molar-refractivity contribution in [3.63, 3.8) is 0 Å². The maximum absolute atomic E-state index is 14.0. The molecule has 0 N–H and O–H groups in total. The molecule has 0 aliphatic heterocycles. The molecule has 0 radical (unpaired) electrons. The first-order valence-electron chi connectivity index (χ1n) is 11.0. The molecule has 0 saturated heterocycles. The third kappa shape index (κ3) is 3.09. The van der Waals surface area contributed by atoms with E-state index in [4.69, 9.17) is 4.74 Å². The van der Waals surface area contributed by atoms with E-state index in [9.17, 15) is 5.21 Å². The van der Waals surface area contributed by atoms with Gasteiger partial charge in [-0.25, -0.2) is 0 Å². The van der Waals surface area contributed by atoms with Crippen LogP contribution in [0.2, 0.25) is 0 Å². The van der Waals surface area contributed by atoms with E-state index >= 15 is 0 Å². The summed E-state index contributed by atoms with van der Waals surface area (Å²) in [6.07, 6.45) is 0. The van der Waals surface area contributed by atoms with Gasteiger partial charge in [0.25, 0.3) is 0 Å². The predicted octanol–water partition coefficient (Wildman–Crippen LogP) is 7.12. The van der Waals surface area contributed by atoms with Crippen LogP contribution in [-0.2, 0) is 0 Å². The molecule has 33 heavy (non-hydrogen) atoms. The van der Waals surface area contributed by atoms with Crippen LogP contribution in [0.15, 0.2) is 109 Å². The second-order valence-corrected chi connectivity index (χ2v) is 8.18. The Bertz CT molecular complexity index is 1650. The second-order valence-electron chi connectivity index (χ2n) is 8.18. The van der Waals surface area contributed by atoms with Gasteiger partial charge < -0.3 is 9.94 Å². The van der Waals surface area contributed by atoms with Crippen molar-refractivity contribution in [2.75, 3.05) is 7.11 Å². The quantitative estimate of drug-likeness (QED) is 0.171. The van der Waals surface area contributed by atoms with Gasteiger partial charge in [0, 0.05) is 11.6 Å². The molecule has 3 nitrogen and oxygen atoms in total. The van der Waals surface area contributed by atoms with Crippen LogP contribution < -0.4 is 9.47 Å². The number of rotatable bonds is 3. The Morgan fingerprint density at radius 2 is 1.18 bits per heavy atom. The lowest BCUT2D eigenvalue weighted by molar-refractivity contribution is -0.580. The molecule has 0 aliphatic carbocycles. The highest BCUT2D eigenvalue weighted by Gasteiger charge is 2.22. The predicted molar refractivity (Wildman–Crippen MR) is 135 cm³/mol. The maximum atomic E-state index is 14.0. The normalized spacial score (nSPS) is 11.3. The van der Waals surface area contributed by atoms with Crippen molar-refractivity contribution in [3.05, 3.63) is 114 Å². The van der Waals surface area contributed by atoms with Crippen molar-refractivity contribution in [2.24, 2.45) is 0 Å². The Morgan fingerprint density at radius 3 is 1.88 bits per heavy atom. The number of benzene rings is 5. The highest BCUT2D eigenvalue weighted by molar-refractivity contribution is 6.15. The van der Waals surface area contributed by atoms with Crippen LogP contribution in [0.25, 0.3) is 54.8 Å². The zero-order chi connectivity index (χ0) is 22.4. The summed E-state index contributed by atoms with van der Waals surface area (Å²) < 4.78 is 6.39. The number of nitrogens with zero attached hydrogens (tertiary/aromatic N) is 1. The summed E-state index contributed by atoms with van der Waals surface area (Å²) in [7, 11) is 1.64. The monoisotopic (exact) mass is 427 g/mol. The third-order valence-corrected chi connectivity index (χ3v) is 6.34. The molecule has 6 rings (SSSR count). The van der Waals surface area contributed by atoms with Gasteiger partial charge in [0.15, 0.2) is 0 Å². The van der Waals surface area contributed by atoms with E-state index in [1.165, 1.54) is 5.39 Å². The van der Waals surface area contributed by atoms with Crippen LogP contribution in [0.3, 0.4) is 0 Å². The molecule has 158 valence electrons. The number of pyridine rings is 1.